The summed E-state index contributed by atoms with van der Waals surface area (Å²) in [6.45, 7) is 8.29. The molecule has 1 heterocycles. The van der Waals surface area contributed by atoms with E-state index in [0.717, 1.165) is 52.5 Å². The molecule has 0 atom stereocenters. The Labute approximate surface area is 92.3 Å². The van der Waals surface area contributed by atoms with Crippen molar-refractivity contribution in [3.05, 3.63) is 0 Å². The van der Waals surface area contributed by atoms with E-state index in [4.69, 9.17) is 14.2 Å². The third kappa shape index (κ3) is 5.47. The van der Waals surface area contributed by atoms with Crippen molar-refractivity contribution < 1.29 is 14.2 Å². The quantitative estimate of drug-likeness (QED) is 0.576. The zero-order chi connectivity index (χ0) is 11.0. The highest BCUT2D eigenvalue weighted by atomic mass is 16.5. The van der Waals surface area contributed by atoms with Crippen LogP contribution in [0, 0.1) is 5.41 Å². The summed E-state index contributed by atoms with van der Waals surface area (Å²) in [5, 5.41) is 3.38. The minimum Gasteiger partial charge on any atom is -0.385 e. The van der Waals surface area contributed by atoms with Crippen LogP contribution < -0.4 is 5.32 Å². The molecule has 1 fully saturated rings. The van der Waals surface area contributed by atoms with Gasteiger partial charge < -0.3 is 19.5 Å². The summed E-state index contributed by atoms with van der Waals surface area (Å²) in [5.74, 6) is 0. The lowest BCUT2D eigenvalue weighted by Gasteiger charge is -2.38. The Kier molecular flexibility index (Phi) is 6.17. The fraction of sp³-hybridized carbons (Fsp3) is 1.00. The lowest BCUT2D eigenvalue weighted by atomic mass is 9.89. The van der Waals surface area contributed by atoms with Gasteiger partial charge in [0.15, 0.2) is 0 Å². The van der Waals surface area contributed by atoms with Gasteiger partial charge in [0.05, 0.1) is 19.8 Å². The van der Waals surface area contributed by atoms with E-state index in [2.05, 4.69) is 12.2 Å². The molecule has 0 saturated carbocycles. The Morgan fingerprint density at radius 1 is 1.27 bits per heavy atom. The predicted molar refractivity (Wildman–Crippen MR) is 59.1 cm³/mol. The van der Waals surface area contributed by atoms with Crippen LogP contribution in [0.2, 0.25) is 0 Å². The molecule has 0 aromatic carbocycles. The zero-order valence-electron chi connectivity index (χ0n) is 9.88. The molecule has 0 unspecified atom stereocenters. The van der Waals surface area contributed by atoms with Crippen LogP contribution >= 0.6 is 0 Å². The molecule has 1 saturated heterocycles. The maximum atomic E-state index is 5.43. The molecule has 0 aromatic rings. The molecule has 0 radical (unpaired) electrons. The second kappa shape index (κ2) is 7.17. The second-order valence-corrected chi connectivity index (χ2v) is 4.44. The van der Waals surface area contributed by atoms with Crippen LogP contribution in [0.25, 0.3) is 0 Å². The van der Waals surface area contributed by atoms with E-state index in [1.807, 2.05) is 0 Å². The first-order valence-electron chi connectivity index (χ1n) is 5.62. The van der Waals surface area contributed by atoms with Crippen molar-refractivity contribution in [2.75, 3.05) is 53.2 Å². The summed E-state index contributed by atoms with van der Waals surface area (Å²) in [5.41, 5.74) is 0.357. The van der Waals surface area contributed by atoms with Gasteiger partial charge in [-0.05, 0) is 6.42 Å². The van der Waals surface area contributed by atoms with E-state index in [9.17, 15) is 0 Å². The van der Waals surface area contributed by atoms with Crippen molar-refractivity contribution in [1.82, 2.24) is 5.32 Å². The number of rotatable bonds is 9. The van der Waals surface area contributed by atoms with Crippen LogP contribution in [0.4, 0.5) is 0 Å². The third-order valence-corrected chi connectivity index (χ3v) is 2.51. The highest BCUT2D eigenvalue weighted by Crippen LogP contribution is 2.24. The minimum atomic E-state index is 0.357. The molecule has 1 N–H and O–H groups in total. The average Bonchev–Trinajstić information content (AvgIpc) is 2.19. The molecule has 4 heteroatoms. The molecule has 0 aromatic heterocycles. The van der Waals surface area contributed by atoms with E-state index in [1.165, 1.54) is 0 Å². The van der Waals surface area contributed by atoms with E-state index >= 15 is 0 Å². The van der Waals surface area contributed by atoms with Crippen molar-refractivity contribution in [2.24, 2.45) is 5.41 Å². The maximum Gasteiger partial charge on any atom is 0.0590 e. The Morgan fingerprint density at radius 2 is 2.07 bits per heavy atom. The topological polar surface area (TPSA) is 39.7 Å². The maximum absolute atomic E-state index is 5.43. The number of methoxy groups -OCH3 is 1. The highest BCUT2D eigenvalue weighted by molar-refractivity contribution is 4.82. The van der Waals surface area contributed by atoms with Gasteiger partial charge >= 0.3 is 0 Å². The van der Waals surface area contributed by atoms with Gasteiger partial charge in [-0.25, -0.2) is 0 Å². The Hall–Kier alpha value is -0.160. The molecule has 0 aliphatic carbocycles. The lowest BCUT2D eigenvalue weighted by Crippen LogP contribution is -2.47. The summed E-state index contributed by atoms with van der Waals surface area (Å²) in [4.78, 5) is 0. The number of nitrogens with one attached hydrogen (secondary N) is 1. The molecule has 15 heavy (non-hydrogen) atoms. The molecule has 0 bridgehead atoms. The number of hydrogen-bond donors (Lipinski definition) is 1. The first-order chi connectivity index (χ1) is 7.27. The van der Waals surface area contributed by atoms with Crippen molar-refractivity contribution in [3.8, 4) is 0 Å². The summed E-state index contributed by atoms with van der Waals surface area (Å²) < 4.78 is 15.5. The largest absolute Gasteiger partial charge is 0.385 e. The monoisotopic (exact) mass is 217 g/mol. The fourth-order valence-electron chi connectivity index (χ4n) is 1.49. The van der Waals surface area contributed by atoms with Crippen molar-refractivity contribution in [1.29, 1.82) is 0 Å². The SMILES string of the molecule is COCCCOCCNCC1(C)COC1. The summed E-state index contributed by atoms with van der Waals surface area (Å²) >= 11 is 0. The Morgan fingerprint density at radius 3 is 2.67 bits per heavy atom. The van der Waals surface area contributed by atoms with Gasteiger partial charge in [0.1, 0.15) is 0 Å². The number of ether oxygens (including phenoxy) is 3. The standard InChI is InChI=1S/C11H23NO3/c1-11(9-15-10-11)8-12-4-7-14-6-3-5-13-2/h12H,3-10H2,1-2H3. The lowest BCUT2D eigenvalue weighted by molar-refractivity contribution is -0.0993. The first-order valence-corrected chi connectivity index (χ1v) is 5.62. The predicted octanol–water partition coefficient (Wildman–Crippen LogP) is 0.666. The van der Waals surface area contributed by atoms with Gasteiger partial charge in [-0.1, -0.05) is 6.92 Å². The van der Waals surface area contributed by atoms with Crippen LogP contribution in [-0.4, -0.2) is 53.2 Å². The van der Waals surface area contributed by atoms with E-state index in [0.29, 0.717) is 5.41 Å². The first kappa shape index (κ1) is 12.9. The van der Waals surface area contributed by atoms with Gasteiger partial charge in [-0.15, -0.1) is 0 Å². The molecule has 1 aliphatic rings. The van der Waals surface area contributed by atoms with Crippen LogP contribution in [-0.2, 0) is 14.2 Å². The third-order valence-electron chi connectivity index (χ3n) is 2.51. The molecule has 1 aliphatic heterocycles. The average molecular weight is 217 g/mol. The zero-order valence-corrected chi connectivity index (χ0v) is 9.88. The Balaban J connectivity index is 1.77. The van der Waals surface area contributed by atoms with Gasteiger partial charge in [0.2, 0.25) is 0 Å². The molecule has 0 spiro atoms. The van der Waals surface area contributed by atoms with Gasteiger partial charge in [0.25, 0.3) is 0 Å². The summed E-state index contributed by atoms with van der Waals surface area (Å²) in [7, 11) is 1.71. The highest BCUT2D eigenvalue weighted by Gasteiger charge is 2.32. The minimum absolute atomic E-state index is 0.357. The molecular formula is C11H23NO3. The molecular weight excluding hydrogens is 194 g/mol. The molecule has 4 nitrogen and oxygen atoms in total. The van der Waals surface area contributed by atoms with Gasteiger partial charge in [-0.3, -0.25) is 0 Å². The van der Waals surface area contributed by atoms with Gasteiger partial charge in [0, 0.05) is 38.8 Å². The van der Waals surface area contributed by atoms with E-state index < -0.39 is 0 Å². The smallest absolute Gasteiger partial charge is 0.0590 e. The second-order valence-electron chi connectivity index (χ2n) is 4.44. The van der Waals surface area contributed by atoms with Gasteiger partial charge in [-0.2, -0.15) is 0 Å². The van der Waals surface area contributed by atoms with Crippen molar-refractivity contribution in [3.63, 3.8) is 0 Å². The fourth-order valence-corrected chi connectivity index (χ4v) is 1.49. The van der Waals surface area contributed by atoms with Crippen LogP contribution in [0.1, 0.15) is 13.3 Å². The summed E-state index contributed by atoms with van der Waals surface area (Å²) in [6, 6.07) is 0. The Bertz CT molecular complexity index is 160. The van der Waals surface area contributed by atoms with E-state index in [1.54, 1.807) is 7.11 Å². The number of hydrogen-bond acceptors (Lipinski definition) is 4. The molecule has 90 valence electrons. The molecule has 0 amide bonds. The summed E-state index contributed by atoms with van der Waals surface area (Å²) in [6.07, 6.45) is 0.974. The van der Waals surface area contributed by atoms with Crippen LogP contribution in [0.5, 0.6) is 0 Å². The van der Waals surface area contributed by atoms with Crippen molar-refractivity contribution >= 4 is 0 Å². The normalized spacial score (nSPS) is 18.8. The van der Waals surface area contributed by atoms with Crippen LogP contribution in [0.3, 0.4) is 0 Å². The van der Waals surface area contributed by atoms with Crippen LogP contribution in [0.15, 0.2) is 0 Å². The molecule has 1 rings (SSSR count). The van der Waals surface area contributed by atoms with E-state index in [-0.39, 0.29) is 0 Å². The van der Waals surface area contributed by atoms with Crippen molar-refractivity contribution in [2.45, 2.75) is 13.3 Å².